The van der Waals surface area contributed by atoms with Crippen LogP contribution in [0.1, 0.15) is 18.1 Å². The lowest BCUT2D eigenvalue weighted by molar-refractivity contribution is -0.121. The number of hydrogen-bond donors (Lipinski definition) is 1. The van der Waals surface area contributed by atoms with Gasteiger partial charge in [-0.1, -0.05) is 53.5 Å². The zero-order valence-corrected chi connectivity index (χ0v) is 21.4. The summed E-state index contributed by atoms with van der Waals surface area (Å²) >= 11 is 12.2. The fraction of sp³-hybridized carbons (Fsp3) is 0.200. The standard InChI is InChI=1S/C25H25Cl2N3O4S/c1-2-34-22-11-8-20(9-12-22)17-28-29-25(31)18-30(15-14-19-6-4-3-5-7-19)35(32,33)24-16-21(26)10-13-23(24)27/h3-13,16-17H,2,14-15,18H2,1H3,(H,29,31)/b28-17-. The number of amides is 1. The lowest BCUT2D eigenvalue weighted by Crippen LogP contribution is -2.40. The Bertz CT molecular complexity index is 1270. The highest BCUT2D eigenvalue weighted by atomic mass is 35.5. The van der Waals surface area contributed by atoms with Crippen molar-refractivity contribution < 1.29 is 17.9 Å². The number of halogens is 2. The predicted octanol–water partition coefficient (Wildman–Crippen LogP) is 4.78. The van der Waals surface area contributed by atoms with Gasteiger partial charge in [-0.3, -0.25) is 4.79 Å². The first-order valence-electron chi connectivity index (χ1n) is 10.8. The number of ether oxygens (including phenoxy) is 1. The zero-order valence-electron chi connectivity index (χ0n) is 19.0. The molecule has 35 heavy (non-hydrogen) atoms. The van der Waals surface area contributed by atoms with Crippen LogP contribution in [0, 0.1) is 0 Å². The topological polar surface area (TPSA) is 88.1 Å². The van der Waals surface area contributed by atoms with Crippen molar-refractivity contribution in [2.45, 2.75) is 18.2 Å². The summed E-state index contributed by atoms with van der Waals surface area (Å²) in [4.78, 5) is 12.5. The number of carbonyl (C=O) groups excluding carboxylic acids is 1. The molecule has 7 nitrogen and oxygen atoms in total. The van der Waals surface area contributed by atoms with E-state index in [1.807, 2.05) is 37.3 Å². The summed E-state index contributed by atoms with van der Waals surface area (Å²) in [6.07, 6.45) is 1.87. The Morgan fingerprint density at radius 2 is 1.77 bits per heavy atom. The van der Waals surface area contributed by atoms with Crippen LogP contribution >= 0.6 is 23.2 Å². The number of hydrazone groups is 1. The van der Waals surface area contributed by atoms with E-state index in [1.165, 1.54) is 24.4 Å². The molecule has 1 N–H and O–H groups in total. The molecule has 0 saturated carbocycles. The van der Waals surface area contributed by atoms with E-state index in [-0.39, 0.29) is 21.5 Å². The maximum Gasteiger partial charge on any atom is 0.255 e. The molecule has 0 aliphatic carbocycles. The monoisotopic (exact) mass is 533 g/mol. The summed E-state index contributed by atoms with van der Waals surface area (Å²) in [6, 6.07) is 20.7. The molecule has 0 heterocycles. The van der Waals surface area contributed by atoms with Crippen molar-refractivity contribution in [3.05, 3.63) is 94.0 Å². The van der Waals surface area contributed by atoms with E-state index in [2.05, 4.69) is 10.5 Å². The third-order valence-electron chi connectivity index (χ3n) is 4.92. The summed E-state index contributed by atoms with van der Waals surface area (Å²) in [5, 5.41) is 4.18. The minimum atomic E-state index is -4.12. The second-order valence-electron chi connectivity index (χ2n) is 7.44. The number of nitrogens with zero attached hydrogens (tertiary/aromatic N) is 2. The van der Waals surface area contributed by atoms with Gasteiger partial charge in [0.15, 0.2) is 0 Å². The molecule has 10 heteroatoms. The molecule has 0 atom stereocenters. The van der Waals surface area contributed by atoms with Crippen LogP contribution in [0.25, 0.3) is 0 Å². The number of benzene rings is 3. The first-order valence-corrected chi connectivity index (χ1v) is 13.0. The van der Waals surface area contributed by atoms with Gasteiger partial charge in [-0.15, -0.1) is 0 Å². The number of nitrogens with one attached hydrogen (secondary N) is 1. The molecule has 0 spiro atoms. The maximum atomic E-state index is 13.4. The van der Waals surface area contributed by atoms with Crippen LogP contribution in [0.2, 0.25) is 10.0 Å². The molecular formula is C25H25Cl2N3O4S. The van der Waals surface area contributed by atoms with E-state index in [9.17, 15) is 13.2 Å². The van der Waals surface area contributed by atoms with Gasteiger partial charge in [0.25, 0.3) is 5.91 Å². The van der Waals surface area contributed by atoms with Gasteiger partial charge in [0, 0.05) is 11.6 Å². The van der Waals surface area contributed by atoms with E-state index < -0.39 is 22.5 Å². The smallest absolute Gasteiger partial charge is 0.255 e. The van der Waals surface area contributed by atoms with Crippen molar-refractivity contribution in [2.75, 3.05) is 19.7 Å². The van der Waals surface area contributed by atoms with Crippen LogP contribution in [0.4, 0.5) is 0 Å². The molecule has 0 bridgehead atoms. The highest BCUT2D eigenvalue weighted by Gasteiger charge is 2.28. The minimum absolute atomic E-state index is 0.0213. The third-order valence-corrected chi connectivity index (χ3v) is 7.48. The first kappa shape index (κ1) is 26.7. The Balaban J connectivity index is 1.74. The number of sulfonamides is 1. The van der Waals surface area contributed by atoms with Crippen LogP contribution in [0.5, 0.6) is 5.75 Å². The van der Waals surface area contributed by atoms with Gasteiger partial charge in [-0.05, 0) is 66.9 Å². The highest BCUT2D eigenvalue weighted by Crippen LogP contribution is 2.28. The quantitative estimate of drug-likeness (QED) is 0.284. The summed E-state index contributed by atoms with van der Waals surface area (Å²) in [6.45, 7) is 2.08. The lowest BCUT2D eigenvalue weighted by Gasteiger charge is -2.22. The second-order valence-corrected chi connectivity index (χ2v) is 10.2. The van der Waals surface area contributed by atoms with Crippen molar-refractivity contribution in [3.63, 3.8) is 0 Å². The van der Waals surface area contributed by atoms with Gasteiger partial charge in [0.05, 0.1) is 24.4 Å². The Kier molecular flexibility index (Phi) is 9.68. The van der Waals surface area contributed by atoms with Gasteiger partial charge in [-0.25, -0.2) is 13.8 Å². The van der Waals surface area contributed by atoms with Crippen molar-refractivity contribution in [2.24, 2.45) is 5.10 Å². The van der Waals surface area contributed by atoms with Crippen molar-refractivity contribution in [1.29, 1.82) is 0 Å². The Morgan fingerprint density at radius 3 is 2.46 bits per heavy atom. The van der Waals surface area contributed by atoms with Crippen LogP contribution in [-0.4, -0.2) is 44.5 Å². The summed E-state index contributed by atoms with van der Waals surface area (Å²) in [5.74, 6) is 0.134. The van der Waals surface area contributed by atoms with Crippen LogP contribution in [-0.2, 0) is 21.2 Å². The molecule has 3 aromatic carbocycles. The largest absolute Gasteiger partial charge is 0.494 e. The molecule has 0 unspecified atom stereocenters. The molecule has 3 rings (SSSR count). The Labute approximate surface area is 215 Å². The van der Waals surface area contributed by atoms with Crippen molar-refractivity contribution in [3.8, 4) is 5.75 Å². The average molecular weight is 534 g/mol. The molecule has 184 valence electrons. The van der Waals surface area contributed by atoms with E-state index in [1.54, 1.807) is 24.3 Å². The van der Waals surface area contributed by atoms with E-state index in [0.717, 1.165) is 21.2 Å². The molecule has 0 fully saturated rings. The molecule has 0 aliphatic heterocycles. The van der Waals surface area contributed by atoms with Crippen LogP contribution in [0.15, 0.2) is 82.8 Å². The van der Waals surface area contributed by atoms with Gasteiger partial charge < -0.3 is 4.74 Å². The summed E-state index contributed by atoms with van der Waals surface area (Å²) in [7, 11) is -4.12. The average Bonchev–Trinajstić information content (AvgIpc) is 2.85. The number of rotatable bonds is 11. The highest BCUT2D eigenvalue weighted by molar-refractivity contribution is 7.89. The van der Waals surface area contributed by atoms with Crippen molar-refractivity contribution in [1.82, 2.24) is 9.73 Å². The van der Waals surface area contributed by atoms with Crippen LogP contribution in [0.3, 0.4) is 0 Å². The van der Waals surface area contributed by atoms with Crippen LogP contribution < -0.4 is 10.2 Å². The maximum absolute atomic E-state index is 13.4. The molecular weight excluding hydrogens is 509 g/mol. The number of carbonyl (C=O) groups is 1. The molecule has 0 aromatic heterocycles. The van der Waals surface area contributed by atoms with Gasteiger partial charge in [0.1, 0.15) is 10.6 Å². The van der Waals surface area contributed by atoms with Crippen molar-refractivity contribution >= 4 is 45.3 Å². The predicted molar refractivity (Wildman–Crippen MR) is 139 cm³/mol. The molecule has 3 aromatic rings. The lowest BCUT2D eigenvalue weighted by atomic mass is 10.1. The fourth-order valence-electron chi connectivity index (χ4n) is 3.19. The normalized spacial score (nSPS) is 11.7. The molecule has 0 radical (unpaired) electrons. The Hall–Kier alpha value is -2.91. The fourth-order valence-corrected chi connectivity index (χ4v) is 5.32. The van der Waals surface area contributed by atoms with Gasteiger partial charge in [-0.2, -0.15) is 9.41 Å². The minimum Gasteiger partial charge on any atom is -0.494 e. The molecule has 0 aliphatic rings. The third kappa shape index (κ3) is 7.80. The molecule has 1 amide bonds. The van der Waals surface area contributed by atoms with E-state index in [4.69, 9.17) is 27.9 Å². The first-order chi connectivity index (χ1) is 16.8. The van der Waals surface area contributed by atoms with E-state index >= 15 is 0 Å². The second kappa shape index (κ2) is 12.7. The SMILES string of the molecule is CCOc1ccc(/C=N\NC(=O)CN(CCc2ccccc2)S(=O)(=O)c2cc(Cl)ccc2Cl)cc1. The van der Waals surface area contributed by atoms with Gasteiger partial charge >= 0.3 is 0 Å². The van der Waals surface area contributed by atoms with Gasteiger partial charge in [0.2, 0.25) is 10.0 Å². The Morgan fingerprint density at radius 1 is 1.06 bits per heavy atom. The zero-order chi connectivity index (χ0) is 25.3. The molecule has 0 saturated heterocycles. The van der Waals surface area contributed by atoms with E-state index in [0.29, 0.717) is 13.0 Å². The summed E-state index contributed by atoms with van der Waals surface area (Å²) < 4.78 is 33.3. The summed E-state index contributed by atoms with van der Waals surface area (Å²) in [5.41, 5.74) is 4.06. The number of hydrogen-bond acceptors (Lipinski definition) is 5.